The molecule has 0 radical (unpaired) electrons. The van der Waals surface area contributed by atoms with E-state index in [4.69, 9.17) is 0 Å². The Morgan fingerprint density at radius 3 is 2.50 bits per heavy atom. The minimum atomic E-state index is -3.53. The van der Waals surface area contributed by atoms with Gasteiger partial charge in [-0.15, -0.1) is 0 Å². The SMILES string of the molecule is C[C@H](CS(=O)(=O)Nc1ccc(F)cn1)c1ccccc1. The number of aromatic nitrogens is 1. The lowest BCUT2D eigenvalue weighted by molar-refractivity contribution is 0.595. The second-order valence-corrected chi connectivity index (χ2v) is 6.32. The summed E-state index contributed by atoms with van der Waals surface area (Å²) in [5.74, 6) is -0.595. The number of anilines is 1. The molecule has 1 aromatic carbocycles. The van der Waals surface area contributed by atoms with Crippen LogP contribution in [0.4, 0.5) is 10.2 Å². The highest BCUT2D eigenvalue weighted by atomic mass is 32.2. The zero-order valence-electron chi connectivity index (χ0n) is 11.0. The van der Waals surface area contributed by atoms with Crippen molar-refractivity contribution in [1.82, 2.24) is 4.98 Å². The van der Waals surface area contributed by atoms with Crippen LogP contribution in [0.3, 0.4) is 0 Å². The van der Waals surface area contributed by atoms with E-state index in [1.165, 1.54) is 6.07 Å². The largest absolute Gasteiger partial charge is 0.267 e. The van der Waals surface area contributed by atoms with E-state index in [1.54, 1.807) is 0 Å². The Morgan fingerprint density at radius 2 is 1.90 bits per heavy atom. The predicted octanol–water partition coefficient (Wildman–Crippen LogP) is 2.77. The Labute approximate surface area is 117 Å². The molecule has 1 aromatic heterocycles. The van der Waals surface area contributed by atoms with E-state index in [0.29, 0.717) is 0 Å². The fourth-order valence-corrected chi connectivity index (χ4v) is 3.22. The molecule has 0 bridgehead atoms. The van der Waals surface area contributed by atoms with Crippen molar-refractivity contribution in [3.8, 4) is 0 Å². The van der Waals surface area contributed by atoms with Gasteiger partial charge in [0.1, 0.15) is 11.6 Å². The maximum Gasteiger partial charge on any atom is 0.234 e. The number of benzene rings is 1. The summed E-state index contributed by atoms with van der Waals surface area (Å²) in [6.45, 7) is 1.84. The maximum atomic E-state index is 12.7. The van der Waals surface area contributed by atoms with Crippen LogP contribution >= 0.6 is 0 Å². The number of hydrogen-bond donors (Lipinski definition) is 1. The van der Waals surface area contributed by atoms with E-state index in [9.17, 15) is 12.8 Å². The molecular weight excluding hydrogens is 279 g/mol. The average molecular weight is 294 g/mol. The van der Waals surface area contributed by atoms with Crippen molar-refractivity contribution in [2.45, 2.75) is 12.8 Å². The van der Waals surface area contributed by atoms with Gasteiger partial charge in [0.25, 0.3) is 0 Å². The highest BCUT2D eigenvalue weighted by Crippen LogP contribution is 2.18. The minimum Gasteiger partial charge on any atom is -0.267 e. The minimum absolute atomic E-state index is 0.0595. The van der Waals surface area contributed by atoms with Crippen LogP contribution < -0.4 is 4.72 Å². The molecule has 20 heavy (non-hydrogen) atoms. The maximum absolute atomic E-state index is 12.7. The second kappa shape index (κ2) is 6.00. The Kier molecular flexibility index (Phi) is 4.34. The molecule has 0 aliphatic carbocycles. The molecule has 1 N–H and O–H groups in total. The smallest absolute Gasteiger partial charge is 0.234 e. The van der Waals surface area contributed by atoms with Gasteiger partial charge in [0.05, 0.1) is 11.9 Å². The van der Waals surface area contributed by atoms with Gasteiger partial charge in [-0.2, -0.15) is 0 Å². The van der Waals surface area contributed by atoms with Gasteiger partial charge in [-0.1, -0.05) is 37.3 Å². The van der Waals surface area contributed by atoms with Gasteiger partial charge in [-0.3, -0.25) is 4.72 Å². The van der Waals surface area contributed by atoms with Gasteiger partial charge in [0, 0.05) is 0 Å². The lowest BCUT2D eigenvalue weighted by Crippen LogP contribution is -2.21. The highest BCUT2D eigenvalue weighted by Gasteiger charge is 2.17. The third-order valence-electron chi connectivity index (χ3n) is 2.83. The molecule has 0 amide bonds. The topological polar surface area (TPSA) is 59.1 Å². The number of rotatable bonds is 5. The van der Waals surface area contributed by atoms with Gasteiger partial charge in [0.15, 0.2) is 0 Å². The molecule has 0 unspecified atom stereocenters. The zero-order valence-corrected chi connectivity index (χ0v) is 11.8. The molecule has 0 aliphatic heterocycles. The molecule has 1 heterocycles. The molecule has 4 nitrogen and oxygen atoms in total. The molecule has 2 aromatic rings. The first-order valence-corrected chi connectivity index (χ1v) is 7.78. The summed E-state index contributed by atoms with van der Waals surface area (Å²) in [5.41, 5.74) is 0.949. The first kappa shape index (κ1) is 14.5. The first-order valence-electron chi connectivity index (χ1n) is 6.13. The van der Waals surface area contributed by atoms with Crippen LogP contribution in [-0.2, 0) is 10.0 Å². The van der Waals surface area contributed by atoms with Crippen LogP contribution in [0.2, 0.25) is 0 Å². The van der Waals surface area contributed by atoms with Crippen molar-refractivity contribution in [3.63, 3.8) is 0 Å². The quantitative estimate of drug-likeness (QED) is 0.922. The van der Waals surface area contributed by atoms with Crippen molar-refractivity contribution < 1.29 is 12.8 Å². The van der Waals surface area contributed by atoms with Gasteiger partial charge >= 0.3 is 0 Å². The van der Waals surface area contributed by atoms with Crippen molar-refractivity contribution >= 4 is 15.8 Å². The van der Waals surface area contributed by atoms with Gasteiger partial charge in [0.2, 0.25) is 10.0 Å². The fraction of sp³-hybridized carbons (Fsp3) is 0.214. The van der Waals surface area contributed by atoms with E-state index in [1.807, 2.05) is 37.3 Å². The third kappa shape index (κ3) is 4.03. The number of hydrogen-bond acceptors (Lipinski definition) is 3. The summed E-state index contributed by atoms with van der Waals surface area (Å²) >= 11 is 0. The molecule has 0 spiro atoms. The highest BCUT2D eigenvalue weighted by molar-refractivity contribution is 7.92. The van der Waals surface area contributed by atoms with Gasteiger partial charge in [-0.25, -0.2) is 17.8 Å². The Morgan fingerprint density at radius 1 is 1.20 bits per heavy atom. The van der Waals surface area contributed by atoms with Crippen LogP contribution in [0.25, 0.3) is 0 Å². The van der Waals surface area contributed by atoms with Crippen LogP contribution in [0.5, 0.6) is 0 Å². The standard InChI is InChI=1S/C14H15FN2O2S/c1-11(12-5-3-2-4-6-12)10-20(18,19)17-14-8-7-13(15)9-16-14/h2-9,11H,10H2,1H3,(H,16,17)/t11-/m1/s1. The monoisotopic (exact) mass is 294 g/mol. The molecular formula is C14H15FN2O2S. The van der Waals surface area contributed by atoms with E-state index in [0.717, 1.165) is 17.8 Å². The predicted molar refractivity (Wildman–Crippen MR) is 76.5 cm³/mol. The molecule has 106 valence electrons. The molecule has 0 saturated heterocycles. The van der Waals surface area contributed by atoms with Crippen molar-refractivity contribution in [2.75, 3.05) is 10.5 Å². The average Bonchev–Trinajstić information content (AvgIpc) is 2.41. The van der Waals surface area contributed by atoms with Gasteiger partial charge in [-0.05, 0) is 23.6 Å². The summed E-state index contributed by atoms with van der Waals surface area (Å²) in [5, 5.41) is 0. The van der Waals surface area contributed by atoms with E-state index in [-0.39, 0.29) is 17.5 Å². The second-order valence-electron chi connectivity index (χ2n) is 4.56. The third-order valence-corrected chi connectivity index (χ3v) is 4.28. The number of sulfonamides is 1. The lowest BCUT2D eigenvalue weighted by atomic mass is 10.0. The summed E-state index contributed by atoms with van der Waals surface area (Å²) in [4.78, 5) is 3.68. The summed E-state index contributed by atoms with van der Waals surface area (Å²) < 4.78 is 39.1. The van der Waals surface area contributed by atoms with Crippen molar-refractivity contribution in [2.24, 2.45) is 0 Å². The van der Waals surface area contributed by atoms with E-state index < -0.39 is 15.8 Å². The Bertz CT molecular complexity index is 657. The van der Waals surface area contributed by atoms with Crippen LogP contribution in [-0.4, -0.2) is 19.2 Å². The molecule has 6 heteroatoms. The number of nitrogens with one attached hydrogen (secondary N) is 1. The van der Waals surface area contributed by atoms with E-state index in [2.05, 4.69) is 9.71 Å². The Hall–Kier alpha value is -1.95. The number of nitrogens with zero attached hydrogens (tertiary/aromatic N) is 1. The summed E-state index contributed by atoms with van der Waals surface area (Å²) in [6.07, 6.45) is 0.971. The number of halogens is 1. The molecule has 0 saturated carbocycles. The molecule has 0 aliphatic rings. The molecule has 0 fully saturated rings. The van der Waals surface area contributed by atoms with Crippen LogP contribution in [0, 0.1) is 5.82 Å². The molecule has 2 rings (SSSR count). The summed E-state index contributed by atoms with van der Waals surface area (Å²) in [7, 11) is -3.53. The Balaban J connectivity index is 2.06. The lowest BCUT2D eigenvalue weighted by Gasteiger charge is -2.13. The summed E-state index contributed by atoms with van der Waals surface area (Å²) in [6, 6.07) is 11.8. The fourth-order valence-electron chi connectivity index (χ4n) is 1.84. The van der Waals surface area contributed by atoms with Crippen LogP contribution in [0.15, 0.2) is 48.7 Å². The molecule has 1 atom stereocenters. The van der Waals surface area contributed by atoms with E-state index >= 15 is 0 Å². The number of pyridine rings is 1. The normalized spacial score (nSPS) is 12.9. The van der Waals surface area contributed by atoms with Crippen molar-refractivity contribution in [3.05, 3.63) is 60.0 Å². The van der Waals surface area contributed by atoms with Crippen LogP contribution in [0.1, 0.15) is 18.4 Å². The van der Waals surface area contributed by atoms with Gasteiger partial charge < -0.3 is 0 Å². The van der Waals surface area contributed by atoms with Crippen molar-refractivity contribution in [1.29, 1.82) is 0 Å². The first-order chi connectivity index (χ1) is 9.46. The zero-order chi connectivity index (χ0) is 14.6.